The van der Waals surface area contributed by atoms with E-state index in [4.69, 9.17) is 4.74 Å². The van der Waals surface area contributed by atoms with E-state index in [-0.39, 0.29) is 11.2 Å². The van der Waals surface area contributed by atoms with E-state index in [0.717, 1.165) is 6.42 Å². The molecule has 1 atom stereocenters. The van der Waals surface area contributed by atoms with Crippen LogP contribution in [0.5, 0.6) is 5.75 Å². The summed E-state index contributed by atoms with van der Waals surface area (Å²) in [5.41, 5.74) is 3.80. The van der Waals surface area contributed by atoms with E-state index in [2.05, 4.69) is 43.8 Å². The van der Waals surface area contributed by atoms with Crippen LogP contribution in [-0.2, 0) is 23.8 Å². The van der Waals surface area contributed by atoms with Crippen molar-refractivity contribution >= 4 is 26.4 Å². The normalized spacial score (nSPS) is 14.9. The molecule has 2 aromatic carbocycles. The minimum absolute atomic E-state index is 0.238. The number of benzene rings is 2. The number of halogens is 6. The van der Waals surface area contributed by atoms with E-state index < -0.39 is 7.81 Å². The van der Waals surface area contributed by atoms with Gasteiger partial charge in [-0.05, 0) is 42.8 Å². The van der Waals surface area contributed by atoms with E-state index >= 15 is 0 Å². The van der Waals surface area contributed by atoms with E-state index in [1.165, 1.54) is 23.6 Å². The van der Waals surface area contributed by atoms with Gasteiger partial charge in [-0.25, -0.2) is 0 Å². The van der Waals surface area contributed by atoms with E-state index in [0.29, 0.717) is 5.75 Å². The van der Waals surface area contributed by atoms with Crippen LogP contribution >= 0.6 is 7.81 Å². The zero-order valence-electron chi connectivity index (χ0n) is 14.4. The van der Waals surface area contributed by atoms with E-state index in [1.54, 1.807) is 0 Å². The van der Waals surface area contributed by atoms with Crippen LogP contribution in [0.25, 0.3) is 0 Å². The number of hydrogen-bond donors (Lipinski definition) is 0. The maximum atomic E-state index is 10.9. The minimum atomic E-state index is -10.7. The molecule has 0 N–H and O–H groups in total. The second-order valence-corrected chi connectivity index (χ2v) is 8.42. The third-order valence-electron chi connectivity index (χ3n) is 3.23. The molecule has 0 radical (unpaired) electrons. The Labute approximate surface area is 158 Å². The molecule has 10 heteroatoms. The van der Waals surface area contributed by atoms with Gasteiger partial charge >= 0.3 is 39.0 Å². The molecule has 0 fully saturated rings. The topological polar surface area (TPSA) is 26.3 Å². The molecule has 0 aliphatic rings. The molecule has 152 valence electrons. The third kappa shape index (κ3) is 12.3. The molecule has 0 saturated heterocycles. The Bertz CT molecular complexity index is 780. The van der Waals surface area contributed by atoms with Crippen molar-refractivity contribution in [3.63, 3.8) is 0 Å². The van der Waals surface area contributed by atoms with Crippen LogP contribution in [0.1, 0.15) is 28.9 Å². The monoisotopic (exact) mass is 432 g/mol. The summed E-state index contributed by atoms with van der Waals surface area (Å²) >= 11 is 3.78. The van der Waals surface area contributed by atoms with Gasteiger partial charge in [0.05, 0.1) is 0 Å². The molecule has 2 aromatic rings. The molecule has 0 spiro atoms. The molecule has 0 bridgehead atoms. The third-order valence-corrected chi connectivity index (χ3v) is 3.77. The fourth-order valence-corrected chi connectivity index (χ4v) is 2.52. The summed E-state index contributed by atoms with van der Waals surface area (Å²) in [6.45, 7) is 3.52. The molecule has 2 rings (SSSR count). The van der Waals surface area contributed by atoms with Gasteiger partial charge in [-0.1, -0.05) is 36.4 Å². The Balaban J connectivity index is 0.000000445. The summed E-state index contributed by atoms with van der Waals surface area (Å²) in [6.07, 6.45) is 0.927. The second-order valence-electron chi connectivity index (χ2n) is 5.80. The molecule has 0 aliphatic heterocycles. The standard InChI is InChI=1S/C17H18O2S.F6P/c1-12-5-3-4-6-15(12)11-17(20)14-7-9-16(10-8-14)19-13(2)18;1-7(2,3,4,5)6/h3-10,17,20H,11H2,1-2H3;/q;-1/p+1. The first-order valence-electron chi connectivity index (χ1n) is 7.61. The molecule has 2 nitrogen and oxygen atoms in total. The summed E-state index contributed by atoms with van der Waals surface area (Å²) < 4.78 is 64.2. The zero-order valence-corrected chi connectivity index (χ0v) is 16.3. The first-order valence-corrected chi connectivity index (χ1v) is 10.2. The van der Waals surface area contributed by atoms with Crippen molar-refractivity contribution in [2.75, 3.05) is 0 Å². The molecule has 0 amide bonds. The number of rotatable bonds is 4. The van der Waals surface area contributed by atoms with Crippen LogP contribution in [0.2, 0.25) is 0 Å². The number of aryl methyl sites for hydroxylation is 1. The predicted molar refractivity (Wildman–Crippen MR) is 99.1 cm³/mol. The summed E-state index contributed by atoms with van der Waals surface area (Å²) in [5.74, 6) is 0.281. The molecular weight excluding hydrogens is 413 g/mol. The van der Waals surface area contributed by atoms with Crippen molar-refractivity contribution in [2.24, 2.45) is 0 Å². The number of ether oxygens (including phenoxy) is 1. The average Bonchev–Trinajstić information content (AvgIpc) is 2.46. The Morgan fingerprint density at radius 2 is 1.48 bits per heavy atom. The number of carbonyl (C=O) groups excluding carboxylic acids is 1. The number of hydrogen-bond acceptors (Lipinski definition) is 2. The zero-order chi connectivity index (χ0) is 20.9. The van der Waals surface area contributed by atoms with Crippen LogP contribution in [0.3, 0.4) is 0 Å². The molecule has 1 unspecified atom stereocenters. The SMILES string of the molecule is CC(=O)Oc1ccc(C([SH2+])Cc2ccccc2C)cc1.F[P-](F)(F)(F)(F)F. The second kappa shape index (κ2) is 7.72. The quantitative estimate of drug-likeness (QED) is 0.179. The van der Waals surface area contributed by atoms with Gasteiger partial charge in [0.1, 0.15) is 11.0 Å². The summed E-state index contributed by atoms with van der Waals surface area (Å²) in [6, 6.07) is 16.0. The number of carbonyl (C=O) groups is 1. The fraction of sp³-hybridized carbons (Fsp3) is 0.235. The van der Waals surface area contributed by atoms with Gasteiger partial charge < -0.3 is 4.74 Å². The van der Waals surface area contributed by atoms with Gasteiger partial charge in [0, 0.05) is 18.9 Å². The molecule has 0 saturated carbocycles. The van der Waals surface area contributed by atoms with Crippen molar-refractivity contribution < 1.29 is 34.7 Å². The van der Waals surface area contributed by atoms with Crippen LogP contribution in [0, 0.1) is 6.92 Å². The predicted octanol–water partition coefficient (Wildman–Crippen LogP) is 6.60. The van der Waals surface area contributed by atoms with Crippen LogP contribution in [0.15, 0.2) is 48.5 Å². The summed E-state index contributed by atoms with van der Waals surface area (Å²) in [5, 5.41) is 0.238. The molecule has 0 aliphatic carbocycles. The van der Waals surface area contributed by atoms with Crippen molar-refractivity contribution in [1.29, 1.82) is 0 Å². The van der Waals surface area contributed by atoms with Crippen molar-refractivity contribution in [3.8, 4) is 5.75 Å². The Kier molecular flexibility index (Phi) is 6.66. The fourth-order valence-electron chi connectivity index (χ4n) is 2.11. The molecular formula is C17H19F6O2PS. The van der Waals surface area contributed by atoms with Crippen LogP contribution < -0.4 is 4.74 Å². The van der Waals surface area contributed by atoms with E-state index in [9.17, 15) is 30.0 Å². The van der Waals surface area contributed by atoms with Gasteiger partial charge in [0.15, 0.2) is 0 Å². The summed E-state index contributed by atoms with van der Waals surface area (Å²) in [4.78, 5) is 10.9. The van der Waals surface area contributed by atoms with Gasteiger partial charge in [-0.3, -0.25) is 4.79 Å². The summed E-state index contributed by atoms with van der Waals surface area (Å²) in [7, 11) is -10.7. The molecule has 27 heavy (non-hydrogen) atoms. The first kappa shape index (κ1) is 23.3. The van der Waals surface area contributed by atoms with Crippen molar-refractivity contribution in [1.82, 2.24) is 0 Å². The average molecular weight is 432 g/mol. The van der Waals surface area contributed by atoms with Crippen LogP contribution in [-0.4, -0.2) is 5.97 Å². The number of esters is 1. The Morgan fingerprint density at radius 3 is 1.93 bits per heavy atom. The van der Waals surface area contributed by atoms with Gasteiger partial charge in [0.2, 0.25) is 0 Å². The van der Waals surface area contributed by atoms with Crippen molar-refractivity contribution in [3.05, 3.63) is 65.2 Å². The molecule has 0 heterocycles. The van der Waals surface area contributed by atoms with Crippen LogP contribution in [0.4, 0.5) is 25.2 Å². The Morgan fingerprint density at radius 1 is 1.00 bits per heavy atom. The maximum absolute atomic E-state index is 10.9. The van der Waals surface area contributed by atoms with Crippen molar-refractivity contribution in [2.45, 2.75) is 25.5 Å². The van der Waals surface area contributed by atoms with Gasteiger partial charge in [-0.2, -0.15) is 0 Å². The van der Waals surface area contributed by atoms with E-state index in [1.807, 2.05) is 24.3 Å². The Hall–Kier alpha value is -1.73. The van der Waals surface area contributed by atoms with Gasteiger partial charge in [0.25, 0.3) is 0 Å². The van der Waals surface area contributed by atoms with Gasteiger partial charge in [-0.15, -0.1) is 0 Å². The first-order chi connectivity index (χ1) is 12.0. The molecule has 0 aromatic heterocycles.